The Morgan fingerprint density at radius 2 is 1.89 bits per heavy atom. The van der Waals surface area contributed by atoms with Gasteiger partial charge in [-0.05, 0) is 25.7 Å². The molecule has 0 aliphatic carbocycles. The molecule has 0 aromatic rings. The summed E-state index contributed by atoms with van der Waals surface area (Å²) in [5.41, 5.74) is 0. The summed E-state index contributed by atoms with van der Waals surface area (Å²) in [6, 6.07) is -0.307. The van der Waals surface area contributed by atoms with Crippen molar-refractivity contribution in [2.24, 2.45) is 5.92 Å². The minimum atomic E-state index is -4.16. The van der Waals surface area contributed by atoms with Crippen molar-refractivity contribution in [3.05, 3.63) is 0 Å². The summed E-state index contributed by atoms with van der Waals surface area (Å²) in [7, 11) is 1.73. The second kappa shape index (κ2) is 6.59. The van der Waals surface area contributed by atoms with Crippen LogP contribution >= 0.6 is 0 Å². The smallest absolute Gasteiger partial charge is 0.341 e. The molecule has 3 nitrogen and oxygen atoms in total. The molecule has 0 radical (unpaired) electrons. The molecule has 1 amide bonds. The quantitative estimate of drug-likeness (QED) is 0.858. The third-order valence-electron chi connectivity index (χ3n) is 4.01. The number of carbonyl (C=O) groups is 1. The first-order valence-electron chi connectivity index (χ1n) is 6.88. The molecule has 19 heavy (non-hydrogen) atoms. The van der Waals surface area contributed by atoms with Crippen LogP contribution in [0.5, 0.6) is 0 Å². The molecule has 2 atom stereocenters. The summed E-state index contributed by atoms with van der Waals surface area (Å²) in [4.78, 5) is 13.9. The number of amides is 1. The molecule has 0 saturated carbocycles. The number of hydrogen-bond donors (Lipinski definition) is 1. The highest BCUT2D eigenvalue weighted by Crippen LogP contribution is 2.32. The van der Waals surface area contributed by atoms with Gasteiger partial charge in [0.1, 0.15) is 0 Å². The lowest BCUT2D eigenvalue weighted by Gasteiger charge is -2.35. The Balaban J connectivity index is 2.53. The summed E-state index contributed by atoms with van der Waals surface area (Å²) in [5.74, 6) is -1.41. The van der Waals surface area contributed by atoms with Crippen molar-refractivity contribution < 1.29 is 18.0 Å². The highest BCUT2D eigenvalue weighted by molar-refractivity contribution is 5.82. The molecule has 0 spiro atoms. The summed E-state index contributed by atoms with van der Waals surface area (Å²) in [5, 5.41) is 2.75. The van der Waals surface area contributed by atoms with Gasteiger partial charge in [0.2, 0.25) is 5.91 Å². The number of rotatable bonds is 4. The maximum atomic E-state index is 12.5. The fourth-order valence-corrected chi connectivity index (χ4v) is 2.61. The first kappa shape index (κ1) is 16.3. The normalized spacial score (nSPS) is 24.6. The van der Waals surface area contributed by atoms with Crippen LogP contribution in [0.25, 0.3) is 0 Å². The van der Waals surface area contributed by atoms with Crippen molar-refractivity contribution in [3.8, 4) is 0 Å². The van der Waals surface area contributed by atoms with Gasteiger partial charge in [-0.3, -0.25) is 4.79 Å². The zero-order chi connectivity index (χ0) is 14.6. The van der Waals surface area contributed by atoms with Crippen molar-refractivity contribution in [1.82, 2.24) is 10.2 Å². The number of halogens is 3. The molecule has 2 unspecified atom stereocenters. The zero-order valence-corrected chi connectivity index (χ0v) is 11.8. The molecular weight excluding hydrogens is 257 g/mol. The van der Waals surface area contributed by atoms with E-state index in [1.54, 1.807) is 11.9 Å². The van der Waals surface area contributed by atoms with Crippen LogP contribution in [0.15, 0.2) is 0 Å². The van der Waals surface area contributed by atoms with Gasteiger partial charge in [-0.25, -0.2) is 0 Å². The van der Waals surface area contributed by atoms with Crippen molar-refractivity contribution in [2.45, 2.75) is 57.8 Å². The predicted molar refractivity (Wildman–Crippen MR) is 67.7 cm³/mol. The molecule has 0 aromatic heterocycles. The maximum absolute atomic E-state index is 12.5. The number of nitrogens with zero attached hydrogens (tertiary/aromatic N) is 1. The van der Waals surface area contributed by atoms with Crippen LogP contribution in [-0.2, 0) is 4.79 Å². The van der Waals surface area contributed by atoms with Gasteiger partial charge in [0.25, 0.3) is 0 Å². The van der Waals surface area contributed by atoms with Crippen LogP contribution < -0.4 is 5.32 Å². The molecule has 0 bridgehead atoms. The Morgan fingerprint density at radius 3 is 2.26 bits per heavy atom. The van der Waals surface area contributed by atoms with E-state index in [2.05, 4.69) is 5.32 Å². The molecular formula is C13H23F3N2O. The van der Waals surface area contributed by atoms with Gasteiger partial charge in [0.05, 0.1) is 12.0 Å². The SMILES string of the molecule is CCC(CC)N(C)C(=O)C1CCC(C(F)(F)F)CN1. The summed E-state index contributed by atoms with van der Waals surface area (Å²) < 4.78 is 37.6. The van der Waals surface area contributed by atoms with Gasteiger partial charge in [-0.1, -0.05) is 13.8 Å². The van der Waals surface area contributed by atoms with E-state index in [1.807, 2.05) is 13.8 Å². The number of piperidine rings is 1. The van der Waals surface area contributed by atoms with Crippen molar-refractivity contribution >= 4 is 5.91 Å². The lowest BCUT2D eigenvalue weighted by atomic mass is 9.93. The van der Waals surface area contributed by atoms with Crippen molar-refractivity contribution in [3.63, 3.8) is 0 Å². The molecule has 0 aromatic carbocycles. The first-order valence-corrected chi connectivity index (χ1v) is 6.88. The monoisotopic (exact) mass is 280 g/mol. The van der Waals surface area contributed by atoms with Gasteiger partial charge in [0, 0.05) is 19.6 Å². The number of nitrogens with one attached hydrogen (secondary N) is 1. The van der Waals surface area contributed by atoms with E-state index >= 15 is 0 Å². The van der Waals surface area contributed by atoms with Crippen LogP contribution in [0.4, 0.5) is 13.2 Å². The molecule has 1 N–H and O–H groups in total. The molecule has 6 heteroatoms. The average molecular weight is 280 g/mol. The maximum Gasteiger partial charge on any atom is 0.393 e. The van der Waals surface area contributed by atoms with Gasteiger partial charge in [-0.2, -0.15) is 13.2 Å². The molecule has 1 heterocycles. The third-order valence-corrected chi connectivity index (χ3v) is 4.01. The largest absolute Gasteiger partial charge is 0.393 e. The van der Waals surface area contributed by atoms with Gasteiger partial charge >= 0.3 is 6.18 Å². The van der Waals surface area contributed by atoms with E-state index in [4.69, 9.17) is 0 Å². The average Bonchev–Trinajstić information content (AvgIpc) is 2.38. The Bertz CT molecular complexity index is 295. The molecule has 1 saturated heterocycles. The third kappa shape index (κ3) is 4.09. The highest BCUT2D eigenvalue weighted by Gasteiger charge is 2.42. The standard InChI is InChI=1S/C13H23F3N2O/c1-4-10(5-2)18(3)12(19)11-7-6-9(8-17-11)13(14,15)16/h9-11,17H,4-8H2,1-3H3. The lowest BCUT2D eigenvalue weighted by Crippen LogP contribution is -2.53. The highest BCUT2D eigenvalue weighted by atomic mass is 19.4. The minimum absolute atomic E-state index is 0.0314. The van der Waals surface area contributed by atoms with E-state index in [-0.39, 0.29) is 31.3 Å². The van der Waals surface area contributed by atoms with Crippen molar-refractivity contribution in [2.75, 3.05) is 13.6 Å². The van der Waals surface area contributed by atoms with Crippen LogP contribution in [0, 0.1) is 5.92 Å². The Hall–Kier alpha value is -0.780. The van der Waals surface area contributed by atoms with Crippen LogP contribution in [0.3, 0.4) is 0 Å². The van der Waals surface area contributed by atoms with Crippen LogP contribution in [-0.4, -0.2) is 42.7 Å². The Kier molecular flexibility index (Phi) is 5.64. The summed E-state index contributed by atoms with van der Waals surface area (Å²) in [6.45, 7) is 3.86. The first-order chi connectivity index (χ1) is 8.81. The van der Waals surface area contributed by atoms with Crippen LogP contribution in [0.1, 0.15) is 39.5 Å². The van der Waals surface area contributed by atoms with E-state index < -0.39 is 18.1 Å². The Labute approximate surface area is 112 Å². The number of likely N-dealkylation sites (N-methyl/N-ethyl adjacent to an activating group) is 1. The molecule has 1 aliphatic rings. The summed E-state index contributed by atoms with van der Waals surface area (Å²) >= 11 is 0. The fourth-order valence-electron chi connectivity index (χ4n) is 2.61. The number of alkyl halides is 3. The number of carbonyl (C=O) groups excluding carboxylic acids is 1. The van der Waals surface area contributed by atoms with E-state index in [0.717, 1.165) is 12.8 Å². The van der Waals surface area contributed by atoms with Gasteiger partial charge in [-0.15, -0.1) is 0 Å². The molecule has 1 aliphatic heterocycles. The zero-order valence-electron chi connectivity index (χ0n) is 11.8. The fraction of sp³-hybridized carbons (Fsp3) is 0.923. The minimum Gasteiger partial charge on any atom is -0.341 e. The second-order valence-corrected chi connectivity index (χ2v) is 5.20. The summed E-state index contributed by atoms with van der Waals surface area (Å²) in [6.07, 6.45) is -2.16. The molecule has 1 fully saturated rings. The molecule has 112 valence electrons. The molecule has 1 rings (SSSR count). The van der Waals surface area contributed by atoms with Gasteiger partial charge < -0.3 is 10.2 Å². The van der Waals surface area contributed by atoms with E-state index in [9.17, 15) is 18.0 Å². The van der Waals surface area contributed by atoms with Crippen LogP contribution in [0.2, 0.25) is 0 Å². The van der Waals surface area contributed by atoms with E-state index in [1.165, 1.54) is 0 Å². The van der Waals surface area contributed by atoms with Crippen molar-refractivity contribution in [1.29, 1.82) is 0 Å². The number of hydrogen-bond acceptors (Lipinski definition) is 2. The second-order valence-electron chi connectivity index (χ2n) is 5.20. The lowest BCUT2D eigenvalue weighted by molar-refractivity contribution is -0.180. The predicted octanol–water partition coefficient (Wildman–Crippen LogP) is 2.56. The Morgan fingerprint density at radius 1 is 1.32 bits per heavy atom. The van der Waals surface area contributed by atoms with Gasteiger partial charge in [0.15, 0.2) is 0 Å². The topological polar surface area (TPSA) is 32.3 Å². The van der Waals surface area contributed by atoms with E-state index in [0.29, 0.717) is 0 Å².